The molecule has 3 aromatic rings. The molecule has 0 aliphatic rings. The van der Waals surface area contributed by atoms with Crippen molar-refractivity contribution in [2.75, 3.05) is 18.6 Å². The molecule has 1 aromatic carbocycles. The van der Waals surface area contributed by atoms with E-state index in [4.69, 9.17) is 4.74 Å². The summed E-state index contributed by atoms with van der Waals surface area (Å²) in [7, 11) is -0.772. The number of hydrogen-bond acceptors (Lipinski definition) is 4. The zero-order chi connectivity index (χ0) is 16.2. The molecule has 120 valence electrons. The standard InChI is InChI=1S/C17H19N3O2S/c1-13-18-9-7-17(19-13)20-10-8-14-15(20)5-3-6-16(14)22-11-4-12-23(2)21/h3,5-10H,4,11-12H2,1-2H3. The van der Waals surface area contributed by atoms with Crippen molar-refractivity contribution in [1.82, 2.24) is 14.5 Å². The van der Waals surface area contributed by atoms with Gasteiger partial charge >= 0.3 is 0 Å². The summed E-state index contributed by atoms with van der Waals surface area (Å²) in [4.78, 5) is 8.60. The molecule has 1 unspecified atom stereocenters. The maximum atomic E-state index is 11.1. The molecule has 0 bridgehead atoms. The third-order valence-corrected chi connectivity index (χ3v) is 4.40. The number of rotatable bonds is 6. The molecule has 0 saturated carbocycles. The number of hydrogen-bond donors (Lipinski definition) is 0. The van der Waals surface area contributed by atoms with Crippen molar-refractivity contribution in [3.8, 4) is 11.6 Å². The van der Waals surface area contributed by atoms with E-state index in [1.54, 1.807) is 12.5 Å². The van der Waals surface area contributed by atoms with Crippen molar-refractivity contribution in [1.29, 1.82) is 0 Å². The van der Waals surface area contributed by atoms with Gasteiger partial charge in [0.05, 0.1) is 12.1 Å². The second-order valence-corrected chi connectivity index (χ2v) is 6.87. The van der Waals surface area contributed by atoms with Gasteiger partial charge in [0.25, 0.3) is 0 Å². The van der Waals surface area contributed by atoms with E-state index in [2.05, 4.69) is 9.97 Å². The SMILES string of the molecule is Cc1nccc(-n2ccc3c(OCCCS(C)=O)cccc32)n1. The van der Waals surface area contributed by atoms with Crippen LogP contribution in [0, 0.1) is 6.92 Å². The van der Waals surface area contributed by atoms with Crippen LogP contribution in [0.25, 0.3) is 16.7 Å². The Bertz CT molecular complexity index is 845. The summed E-state index contributed by atoms with van der Waals surface area (Å²) in [5.41, 5.74) is 1.04. The summed E-state index contributed by atoms with van der Waals surface area (Å²) in [6.07, 6.45) is 6.24. The summed E-state index contributed by atoms with van der Waals surface area (Å²) in [5.74, 6) is 3.08. The minimum Gasteiger partial charge on any atom is -0.493 e. The predicted octanol–water partition coefficient (Wildman–Crippen LogP) is 2.88. The lowest BCUT2D eigenvalue weighted by Gasteiger charge is -2.08. The fourth-order valence-electron chi connectivity index (χ4n) is 2.49. The first-order valence-electron chi connectivity index (χ1n) is 7.48. The van der Waals surface area contributed by atoms with Crippen molar-refractivity contribution in [3.05, 3.63) is 48.5 Å². The summed E-state index contributed by atoms with van der Waals surface area (Å²) in [5, 5.41) is 1.04. The molecule has 0 aliphatic heterocycles. The van der Waals surface area contributed by atoms with Gasteiger partial charge in [-0.15, -0.1) is 0 Å². The zero-order valence-electron chi connectivity index (χ0n) is 13.2. The molecule has 2 aromatic heterocycles. The number of aromatic nitrogens is 3. The van der Waals surface area contributed by atoms with Crippen molar-refractivity contribution >= 4 is 21.7 Å². The van der Waals surface area contributed by atoms with E-state index in [1.165, 1.54) is 0 Å². The summed E-state index contributed by atoms with van der Waals surface area (Å²) >= 11 is 0. The highest BCUT2D eigenvalue weighted by Gasteiger charge is 2.09. The van der Waals surface area contributed by atoms with E-state index in [1.807, 2.05) is 48.0 Å². The fourth-order valence-corrected chi connectivity index (χ4v) is 3.01. The topological polar surface area (TPSA) is 57.0 Å². The van der Waals surface area contributed by atoms with Crippen molar-refractivity contribution in [3.63, 3.8) is 0 Å². The molecule has 23 heavy (non-hydrogen) atoms. The van der Waals surface area contributed by atoms with Crippen LogP contribution >= 0.6 is 0 Å². The van der Waals surface area contributed by atoms with Crippen LogP contribution in [-0.2, 0) is 10.8 Å². The normalized spacial score (nSPS) is 12.4. The lowest BCUT2D eigenvalue weighted by Crippen LogP contribution is -2.03. The predicted molar refractivity (Wildman–Crippen MR) is 92.6 cm³/mol. The van der Waals surface area contributed by atoms with Crippen LogP contribution in [0.4, 0.5) is 0 Å². The molecule has 5 nitrogen and oxygen atoms in total. The average molecular weight is 329 g/mol. The number of ether oxygens (including phenoxy) is 1. The largest absolute Gasteiger partial charge is 0.493 e. The zero-order valence-corrected chi connectivity index (χ0v) is 14.0. The van der Waals surface area contributed by atoms with Gasteiger partial charge in [-0.1, -0.05) is 6.07 Å². The summed E-state index contributed by atoms with van der Waals surface area (Å²) in [6, 6.07) is 9.89. The van der Waals surface area contributed by atoms with Gasteiger partial charge in [0.15, 0.2) is 0 Å². The molecular formula is C17H19N3O2S. The third kappa shape index (κ3) is 3.59. The Morgan fingerprint density at radius 1 is 1.26 bits per heavy atom. The molecule has 0 fully saturated rings. The molecule has 0 spiro atoms. The van der Waals surface area contributed by atoms with E-state index in [0.717, 1.165) is 34.7 Å². The molecule has 0 radical (unpaired) electrons. The van der Waals surface area contributed by atoms with Crippen LogP contribution in [-0.4, -0.2) is 37.4 Å². The average Bonchev–Trinajstić information content (AvgIpc) is 2.96. The second kappa shape index (κ2) is 6.91. The van der Waals surface area contributed by atoms with Crippen LogP contribution in [0.2, 0.25) is 0 Å². The number of benzene rings is 1. The quantitative estimate of drug-likeness (QED) is 0.653. The van der Waals surface area contributed by atoms with E-state index in [0.29, 0.717) is 12.4 Å². The number of fused-ring (bicyclic) bond motifs is 1. The molecule has 3 rings (SSSR count). The van der Waals surface area contributed by atoms with Crippen LogP contribution in [0.15, 0.2) is 42.7 Å². The first-order chi connectivity index (χ1) is 11.1. The molecule has 0 saturated heterocycles. The van der Waals surface area contributed by atoms with Gasteiger partial charge in [-0.25, -0.2) is 9.97 Å². The van der Waals surface area contributed by atoms with Crippen LogP contribution in [0.5, 0.6) is 5.75 Å². The Kier molecular flexibility index (Phi) is 4.71. The van der Waals surface area contributed by atoms with E-state index in [-0.39, 0.29) is 0 Å². The first kappa shape index (κ1) is 15.7. The Morgan fingerprint density at radius 2 is 2.13 bits per heavy atom. The highest BCUT2D eigenvalue weighted by atomic mass is 32.2. The molecule has 6 heteroatoms. The first-order valence-corrected chi connectivity index (χ1v) is 9.21. The summed E-state index contributed by atoms with van der Waals surface area (Å²) < 4.78 is 19.0. The van der Waals surface area contributed by atoms with Gasteiger partial charge in [0.2, 0.25) is 0 Å². The second-order valence-electron chi connectivity index (χ2n) is 5.32. The maximum absolute atomic E-state index is 11.1. The van der Waals surface area contributed by atoms with Crippen LogP contribution in [0.1, 0.15) is 12.2 Å². The molecule has 0 N–H and O–H groups in total. The molecule has 2 heterocycles. The van der Waals surface area contributed by atoms with E-state index < -0.39 is 10.8 Å². The Morgan fingerprint density at radius 3 is 2.91 bits per heavy atom. The van der Waals surface area contributed by atoms with Gasteiger partial charge in [0.1, 0.15) is 17.4 Å². The Labute approximate surface area is 137 Å². The number of nitrogens with zero attached hydrogens (tertiary/aromatic N) is 3. The smallest absolute Gasteiger partial charge is 0.140 e. The van der Waals surface area contributed by atoms with Gasteiger partial charge in [-0.2, -0.15) is 0 Å². The van der Waals surface area contributed by atoms with Crippen molar-refractivity contribution < 1.29 is 8.95 Å². The lowest BCUT2D eigenvalue weighted by atomic mass is 10.2. The Balaban J connectivity index is 1.87. The van der Waals surface area contributed by atoms with Crippen molar-refractivity contribution in [2.24, 2.45) is 0 Å². The van der Waals surface area contributed by atoms with Gasteiger partial charge < -0.3 is 9.30 Å². The molecule has 0 amide bonds. The van der Waals surface area contributed by atoms with E-state index in [9.17, 15) is 4.21 Å². The molecule has 1 atom stereocenters. The number of aryl methyl sites for hydroxylation is 1. The van der Waals surface area contributed by atoms with Crippen LogP contribution < -0.4 is 4.74 Å². The fraction of sp³-hybridized carbons (Fsp3) is 0.294. The van der Waals surface area contributed by atoms with Crippen LogP contribution in [0.3, 0.4) is 0 Å². The Hall–Kier alpha value is -2.21. The molecular weight excluding hydrogens is 310 g/mol. The maximum Gasteiger partial charge on any atom is 0.140 e. The van der Waals surface area contributed by atoms with Gasteiger partial charge in [-0.3, -0.25) is 4.21 Å². The van der Waals surface area contributed by atoms with Gasteiger partial charge in [-0.05, 0) is 37.6 Å². The minimum absolute atomic E-state index is 0.566. The highest BCUT2D eigenvalue weighted by molar-refractivity contribution is 7.84. The van der Waals surface area contributed by atoms with Gasteiger partial charge in [0, 0.05) is 40.6 Å². The monoisotopic (exact) mass is 329 g/mol. The van der Waals surface area contributed by atoms with Crippen molar-refractivity contribution in [2.45, 2.75) is 13.3 Å². The minimum atomic E-state index is -0.772. The molecule has 0 aliphatic carbocycles. The third-order valence-electron chi connectivity index (χ3n) is 3.53. The highest BCUT2D eigenvalue weighted by Crippen LogP contribution is 2.28. The van der Waals surface area contributed by atoms with E-state index >= 15 is 0 Å². The summed E-state index contributed by atoms with van der Waals surface area (Å²) in [6.45, 7) is 2.44. The lowest BCUT2D eigenvalue weighted by molar-refractivity contribution is 0.322.